The van der Waals surface area contributed by atoms with E-state index in [2.05, 4.69) is 22.4 Å². The Morgan fingerprint density at radius 3 is 2.48 bits per heavy atom. The number of benzene rings is 2. The van der Waals surface area contributed by atoms with E-state index in [0.717, 1.165) is 23.2 Å². The van der Waals surface area contributed by atoms with E-state index in [4.69, 9.17) is 0 Å². The minimum atomic E-state index is -0.108. The quantitative estimate of drug-likeness (QED) is 0.458. The van der Waals surface area contributed by atoms with E-state index in [1.165, 1.54) is 17.3 Å². The average Bonchev–Trinajstić information content (AvgIpc) is 2.68. The van der Waals surface area contributed by atoms with E-state index in [-0.39, 0.29) is 23.3 Å². The molecule has 0 bridgehead atoms. The zero-order valence-corrected chi connectivity index (χ0v) is 18.4. The van der Waals surface area contributed by atoms with Crippen LogP contribution in [-0.2, 0) is 4.79 Å². The number of aromatic nitrogens is 2. The zero-order chi connectivity index (χ0) is 21.1. The Morgan fingerprint density at radius 1 is 1.17 bits per heavy atom. The van der Waals surface area contributed by atoms with Crippen LogP contribution in [0.3, 0.4) is 0 Å². The first-order valence-electron chi connectivity index (χ1n) is 9.83. The first-order valence-corrected chi connectivity index (χ1v) is 10.8. The maximum atomic E-state index is 13.0. The van der Waals surface area contributed by atoms with Gasteiger partial charge in [0.2, 0.25) is 5.91 Å². The molecule has 0 aliphatic carbocycles. The Balaban J connectivity index is 1.86. The molecule has 29 heavy (non-hydrogen) atoms. The van der Waals surface area contributed by atoms with Gasteiger partial charge in [0, 0.05) is 11.7 Å². The van der Waals surface area contributed by atoms with Crippen LogP contribution in [0.1, 0.15) is 43.0 Å². The van der Waals surface area contributed by atoms with Gasteiger partial charge >= 0.3 is 0 Å². The van der Waals surface area contributed by atoms with E-state index in [0.29, 0.717) is 16.1 Å². The van der Waals surface area contributed by atoms with E-state index in [9.17, 15) is 9.59 Å². The van der Waals surface area contributed by atoms with Crippen LogP contribution in [0.15, 0.2) is 46.3 Å². The highest BCUT2D eigenvalue weighted by molar-refractivity contribution is 7.99. The summed E-state index contributed by atoms with van der Waals surface area (Å²) >= 11 is 1.30. The first kappa shape index (κ1) is 21.1. The maximum absolute atomic E-state index is 13.0. The molecular formula is C23H27N3O2S. The Labute approximate surface area is 175 Å². The van der Waals surface area contributed by atoms with Gasteiger partial charge in [-0.3, -0.25) is 14.2 Å². The molecule has 0 radical (unpaired) electrons. The predicted octanol–water partition coefficient (Wildman–Crippen LogP) is 5.02. The minimum Gasteiger partial charge on any atom is -0.325 e. The number of amides is 1. The molecule has 0 aliphatic rings. The maximum Gasteiger partial charge on any atom is 0.262 e. The lowest BCUT2D eigenvalue weighted by molar-refractivity contribution is -0.113. The molecule has 0 spiro atoms. The van der Waals surface area contributed by atoms with Crippen molar-refractivity contribution in [2.75, 3.05) is 11.1 Å². The molecule has 0 saturated heterocycles. The molecule has 5 nitrogen and oxygen atoms in total. The fourth-order valence-electron chi connectivity index (χ4n) is 3.48. The monoisotopic (exact) mass is 409 g/mol. The van der Waals surface area contributed by atoms with Crippen molar-refractivity contribution in [3.8, 4) is 0 Å². The summed E-state index contributed by atoms with van der Waals surface area (Å²) in [5, 5.41) is 4.20. The van der Waals surface area contributed by atoms with Gasteiger partial charge < -0.3 is 5.32 Å². The molecule has 1 atom stereocenters. The molecule has 0 fully saturated rings. The molecule has 6 heteroatoms. The molecule has 0 unspecified atom stereocenters. The van der Waals surface area contributed by atoms with Crippen molar-refractivity contribution in [1.82, 2.24) is 9.55 Å². The van der Waals surface area contributed by atoms with Crippen molar-refractivity contribution < 1.29 is 4.79 Å². The molecule has 152 valence electrons. The summed E-state index contributed by atoms with van der Waals surface area (Å²) in [6.45, 7) is 10.1. The number of carbonyl (C=O) groups excluding carboxylic acids is 1. The Kier molecular flexibility index (Phi) is 6.42. The third-order valence-corrected chi connectivity index (χ3v) is 6.03. The standard InChI is InChI=1S/C23H27N3O2S/c1-6-17(5)26-22(28)18-9-7-8-10-19(18)24-23(26)29-13-20(27)25-21-15(3)11-14(2)12-16(21)4/h7-12,17H,6,13H2,1-5H3,(H,25,27)/t17-/m0/s1. The summed E-state index contributed by atoms with van der Waals surface area (Å²) in [6, 6.07) is 11.5. The van der Waals surface area contributed by atoms with Gasteiger partial charge in [-0.2, -0.15) is 0 Å². The van der Waals surface area contributed by atoms with Gasteiger partial charge in [-0.25, -0.2) is 4.98 Å². The van der Waals surface area contributed by atoms with Crippen LogP contribution in [0.5, 0.6) is 0 Å². The normalized spacial score (nSPS) is 12.2. The summed E-state index contributed by atoms with van der Waals surface area (Å²) in [6.07, 6.45) is 0.807. The van der Waals surface area contributed by atoms with Gasteiger partial charge in [-0.05, 0) is 57.4 Å². The summed E-state index contributed by atoms with van der Waals surface area (Å²) in [7, 11) is 0. The fourth-order valence-corrected chi connectivity index (χ4v) is 4.38. The van der Waals surface area contributed by atoms with Crippen molar-refractivity contribution in [2.45, 2.75) is 52.2 Å². The highest BCUT2D eigenvalue weighted by Crippen LogP contribution is 2.25. The summed E-state index contributed by atoms with van der Waals surface area (Å²) in [4.78, 5) is 30.3. The van der Waals surface area contributed by atoms with Crippen LogP contribution in [-0.4, -0.2) is 21.2 Å². The molecular weight excluding hydrogens is 382 g/mol. The second-order valence-corrected chi connectivity index (χ2v) is 8.40. The number of para-hydroxylation sites is 1. The molecule has 2 aromatic carbocycles. The van der Waals surface area contributed by atoms with Gasteiger partial charge in [0.25, 0.3) is 5.56 Å². The third kappa shape index (κ3) is 4.53. The largest absolute Gasteiger partial charge is 0.325 e. The number of hydrogen-bond donors (Lipinski definition) is 1. The third-order valence-electron chi connectivity index (χ3n) is 5.08. The van der Waals surface area contributed by atoms with E-state index in [1.54, 1.807) is 10.6 Å². The number of thioether (sulfide) groups is 1. The lowest BCUT2D eigenvalue weighted by atomic mass is 10.1. The van der Waals surface area contributed by atoms with Gasteiger partial charge in [0.1, 0.15) is 0 Å². The highest BCUT2D eigenvalue weighted by Gasteiger charge is 2.17. The lowest BCUT2D eigenvalue weighted by Crippen LogP contribution is -2.26. The number of rotatable bonds is 6. The minimum absolute atomic E-state index is 0.00625. The topological polar surface area (TPSA) is 64.0 Å². The van der Waals surface area contributed by atoms with Gasteiger partial charge in [-0.15, -0.1) is 0 Å². The van der Waals surface area contributed by atoms with Crippen molar-refractivity contribution in [3.05, 3.63) is 63.4 Å². The molecule has 1 aromatic heterocycles. The van der Waals surface area contributed by atoms with Gasteiger partial charge in [0.15, 0.2) is 5.16 Å². The van der Waals surface area contributed by atoms with E-state index in [1.807, 2.05) is 52.8 Å². The van der Waals surface area contributed by atoms with Crippen LogP contribution < -0.4 is 10.9 Å². The molecule has 0 aliphatic heterocycles. The SMILES string of the molecule is CC[C@H](C)n1c(SCC(=O)Nc2c(C)cc(C)cc2C)nc2ccccc2c1=O. The van der Waals surface area contributed by atoms with Crippen molar-refractivity contribution in [1.29, 1.82) is 0 Å². The Morgan fingerprint density at radius 2 is 1.83 bits per heavy atom. The summed E-state index contributed by atoms with van der Waals surface area (Å²) in [5.41, 5.74) is 4.71. The zero-order valence-electron chi connectivity index (χ0n) is 17.6. The summed E-state index contributed by atoms with van der Waals surface area (Å²) in [5.74, 6) is 0.0803. The molecule has 3 rings (SSSR count). The number of fused-ring (bicyclic) bond motifs is 1. The predicted molar refractivity (Wildman–Crippen MR) is 121 cm³/mol. The van der Waals surface area contributed by atoms with Crippen molar-refractivity contribution in [2.24, 2.45) is 0 Å². The number of aryl methyl sites for hydroxylation is 3. The van der Waals surface area contributed by atoms with Crippen LogP contribution >= 0.6 is 11.8 Å². The van der Waals surface area contributed by atoms with Crippen LogP contribution in [0.2, 0.25) is 0 Å². The Bertz CT molecular complexity index is 1100. The van der Waals surface area contributed by atoms with Gasteiger partial charge in [0.05, 0.1) is 16.7 Å². The molecule has 1 amide bonds. The number of nitrogens with zero attached hydrogens (tertiary/aromatic N) is 2. The number of carbonyl (C=O) groups is 1. The molecule has 1 heterocycles. The second kappa shape index (κ2) is 8.82. The van der Waals surface area contributed by atoms with Gasteiger partial charge in [-0.1, -0.05) is 48.5 Å². The summed E-state index contributed by atoms with van der Waals surface area (Å²) < 4.78 is 1.71. The lowest BCUT2D eigenvalue weighted by Gasteiger charge is -2.18. The molecule has 0 saturated carbocycles. The average molecular weight is 410 g/mol. The van der Waals surface area contributed by atoms with Crippen LogP contribution in [0, 0.1) is 20.8 Å². The first-order chi connectivity index (χ1) is 13.8. The molecule has 1 N–H and O–H groups in total. The number of nitrogens with one attached hydrogen (secondary N) is 1. The molecule has 3 aromatic rings. The highest BCUT2D eigenvalue weighted by atomic mass is 32.2. The van der Waals surface area contributed by atoms with E-state index >= 15 is 0 Å². The smallest absolute Gasteiger partial charge is 0.262 e. The fraction of sp³-hybridized carbons (Fsp3) is 0.348. The van der Waals surface area contributed by atoms with Crippen molar-refractivity contribution in [3.63, 3.8) is 0 Å². The van der Waals surface area contributed by atoms with Crippen LogP contribution in [0.4, 0.5) is 5.69 Å². The second-order valence-electron chi connectivity index (χ2n) is 7.45. The number of anilines is 1. The van der Waals surface area contributed by atoms with E-state index < -0.39 is 0 Å². The van der Waals surface area contributed by atoms with Crippen molar-refractivity contribution >= 4 is 34.3 Å². The Hall–Kier alpha value is -2.60. The van der Waals surface area contributed by atoms with Crippen LogP contribution in [0.25, 0.3) is 10.9 Å². The number of hydrogen-bond acceptors (Lipinski definition) is 4.